The van der Waals surface area contributed by atoms with Gasteiger partial charge < -0.3 is 15.4 Å². The van der Waals surface area contributed by atoms with E-state index in [0.717, 1.165) is 31.9 Å². The van der Waals surface area contributed by atoms with Crippen molar-refractivity contribution in [3.05, 3.63) is 0 Å². The largest absolute Gasteiger partial charge is 0.381 e. The first-order chi connectivity index (χ1) is 7.74. The van der Waals surface area contributed by atoms with Crippen LogP contribution in [0.15, 0.2) is 0 Å². The predicted molar refractivity (Wildman–Crippen MR) is 64.1 cm³/mol. The first-order valence-electron chi connectivity index (χ1n) is 6.26. The summed E-state index contributed by atoms with van der Waals surface area (Å²) >= 11 is 0. The molecule has 0 aromatic heterocycles. The highest BCUT2D eigenvalue weighted by Gasteiger charge is 2.20. The first kappa shape index (κ1) is 13.5. The van der Waals surface area contributed by atoms with Crippen LogP contribution in [0, 0.1) is 5.92 Å². The van der Waals surface area contributed by atoms with Gasteiger partial charge >= 0.3 is 0 Å². The van der Waals surface area contributed by atoms with Crippen molar-refractivity contribution < 1.29 is 9.53 Å². The molecule has 1 aliphatic rings. The lowest BCUT2D eigenvalue weighted by Gasteiger charge is -2.16. The SMILES string of the molecule is CN(CCCN)C(=O)CCOCCC1CC1. The van der Waals surface area contributed by atoms with Crippen LogP contribution in [0.5, 0.6) is 0 Å². The molecule has 4 heteroatoms. The number of nitrogens with zero attached hydrogens (tertiary/aromatic N) is 1. The Balaban J connectivity index is 1.91. The second-order valence-electron chi connectivity index (χ2n) is 4.55. The summed E-state index contributed by atoms with van der Waals surface area (Å²) < 4.78 is 5.44. The molecule has 0 radical (unpaired) electrons. The van der Waals surface area contributed by atoms with Crippen molar-refractivity contribution in [1.82, 2.24) is 4.90 Å². The lowest BCUT2D eigenvalue weighted by atomic mass is 10.3. The third-order valence-electron chi connectivity index (χ3n) is 2.95. The van der Waals surface area contributed by atoms with Crippen LogP contribution in [-0.4, -0.2) is 44.2 Å². The van der Waals surface area contributed by atoms with Crippen LogP contribution in [-0.2, 0) is 9.53 Å². The maximum absolute atomic E-state index is 11.6. The predicted octanol–water partition coefficient (Wildman–Crippen LogP) is 1.00. The minimum Gasteiger partial charge on any atom is -0.381 e. The number of ether oxygens (including phenoxy) is 1. The average molecular weight is 228 g/mol. The van der Waals surface area contributed by atoms with Crippen molar-refractivity contribution in [3.8, 4) is 0 Å². The molecule has 0 unspecified atom stereocenters. The Morgan fingerprint density at radius 2 is 2.19 bits per heavy atom. The first-order valence-corrected chi connectivity index (χ1v) is 6.26. The zero-order valence-electron chi connectivity index (χ0n) is 10.3. The lowest BCUT2D eigenvalue weighted by Crippen LogP contribution is -2.29. The van der Waals surface area contributed by atoms with Crippen LogP contribution in [0.4, 0.5) is 0 Å². The van der Waals surface area contributed by atoms with Crippen LogP contribution in [0.1, 0.15) is 32.1 Å². The maximum Gasteiger partial charge on any atom is 0.224 e. The molecule has 0 aromatic carbocycles. The van der Waals surface area contributed by atoms with E-state index in [4.69, 9.17) is 10.5 Å². The highest BCUT2D eigenvalue weighted by molar-refractivity contribution is 5.75. The van der Waals surface area contributed by atoms with E-state index >= 15 is 0 Å². The molecule has 0 heterocycles. The average Bonchev–Trinajstić information content (AvgIpc) is 3.09. The van der Waals surface area contributed by atoms with E-state index in [2.05, 4.69) is 0 Å². The van der Waals surface area contributed by atoms with Gasteiger partial charge in [-0.1, -0.05) is 12.8 Å². The van der Waals surface area contributed by atoms with Crippen LogP contribution in [0.25, 0.3) is 0 Å². The van der Waals surface area contributed by atoms with Gasteiger partial charge in [-0.25, -0.2) is 0 Å². The summed E-state index contributed by atoms with van der Waals surface area (Å²) in [4.78, 5) is 13.3. The van der Waals surface area contributed by atoms with Crippen molar-refractivity contribution in [2.75, 3.05) is 33.4 Å². The fourth-order valence-corrected chi connectivity index (χ4v) is 1.56. The Morgan fingerprint density at radius 3 is 2.81 bits per heavy atom. The van der Waals surface area contributed by atoms with Crippen molar-refractivity contribution in [3.63, 3.8) is 0 Å². The van der Waals surface area contributed by atoms with Crippen LogP contribution in [0.2, 0.25) is 0 Å². The third kappa shape index (κ3) is 6.08. The van der Waals surface area contributed by atoms with Crippen LogP contribution < -0.4 is 5.73 Å². The molecule has 1 aliphatic carbocycles. The smallest absolute Gasteiger partial charge is 0.224 e. The van der Waals surface area contributed by atoms with Gasteiger partial charge in [-0.05, 0) is 25.3 Å². The summed E-state index contributed by atoms with van der Waals surface area (Å²) in [5.74, 6) is 1.06. The van der Waals surface area contributed by atoms with Crippen molar-refractivity contribution in [2.24, 2.45) is 11.7 Å². The second kappa shape index (κ2) is 7.63. The normalized spacial score (nSPS) is 15.1. The lowest BCUT2D eigenvalue weighted by molar-refractivity contribution is -0.131. The Kier molecular flexibility index (Phi) is 6.42. The van der Waals surface area contributed by atoms with Crippen molar-refractivity contribution >= 4 is 5.91 Å². The van der Waals surface area contributed by atoms with Gasteiger partial charge in [0.25, 0.3) is 0 Å². The summed E-state index contributed by atoms with van der Waals surface area (Å²) in [5, 5.41) is 0. The molecule has 0 saturated heterocycles. The van der Waals surface area contributed by atoms with E-state index in [-0.39, 0.29) is 5.91 Å². The molecule has 1 fully saturated rings. The minimum absolute atomic E-state index is 0.153. The molecule has 4 nitrogen and oxygen atoms in total. The fourth-order valence-electron chi connectivity index (χ4n) is 1.56. The fraction of sp³-hybridized carbons (Fsp3) is 0.917. The zero-order valence-corrected chi connectivity index (χ0v) is 10.3. The van der Waals surface area contributed by atoms with E-state index in [1.165, 1.54) is 12.8 Å². The van der Waals surface area contributed by atoms with Gasteiger partial charge in [-0.3, -0.25) is 4.79 Å². The molecule has 1 saturated carbocycles. The highest BCUT2D eigenvalue weighted by atomic mass is 16.5. The number of nitrogens with two attached hydrogens (primary N) is 1. The summed E-state index contributed by atoms with van der Waals surface area (Å²) in [6, 6.07) is 0. The number of hydrogen-bond donors (Lipinski definition) is 1. The summed E-state index contributed by atoms with van der Waals surface area (Å²) in [6.45, 7) is 2.75. The molecule has 16 heavy (non-hydrogen) atoms. The second-order valence-corrected chi connectivity index (χ2v) is 4.55. The maximum atomic E-state index is 11.6. The standard InChI is InChI=1S/C12H24N2O2/c1-14(8-2-7-13)12(15)6-10-16-9-5-11-3-4-11/h11H,2-10,13H2,1H3. The zero-order chi connectivity index (χ0) is 11.8. The topological polar surface area (TPSA) is 55.6 Å². The van der Waals surface area contributed by atoms with E-state index in [9.17, 15) is 4.79 Å². The Labute approximate surface area is 98.1 Å². The molecule has 2 N–H and O–H groups in total. The summed E-state index contributed by atoms with van der Waals surface area (Å²) in [6.07, 6.45) is 5.25. The van der Waals surface area contributed by atoms with Gasteiger partial charge in [0.15, 0.2) is 0 Å². The molecule has 94 valence electrons. The molecule has 0 spiro atoms. The Bertz CT molecular complexity index is 205. The van der Waals surface area contributed by atoms with Crippen molar-refractivity contribution in [1.29, 1.82) is 0 Å². The van der Waals surface area contributed by atoms with E-state index in [0.29, 0.717) is 19.6 Å². The van der Waals surface area contributed by atoms with E-state index in [1.54, 1.807) is 4.90 Å². The molecule has 0 aliphatic heterocycles. The number of hydrogen-bond acceptors (Lipinski definition) is 3. The van der Waals surface area contributed by atoms with Crippen LogP contribution in [0.3, 0.4) is 0 Å². The van der Waals surface area contributed by atoms with Gasteiger partial charge in [0, 0.05) is 20.2 Å². The monoisotopic (exact) mass is 228 g/mol. The van der Waals surface area contributed by atoms with Gasteiger partial charge in [0.1, 0.15) is 0 Å². The van der Waals surface area contributed by atoms with Gasteiger partial charge in [-0.2, -0.15) is 0 Å². The quantitative estimate of drug-likeness (QED) is 0.599. The van der Waals surface area contributed by atoms with Crippen molar-refractivity contribution in [2.45, 2.75) is 32.1 Å². The van der Waals surface area contributed by atoms with Crippen LogP contribution >= 0.6 is 0 Å². The number of carbonyl (C=O) groups excluding carboxylic acids is 1. The number of amides is 1. The Hall–Kier alpha value is -0.610. The summed E-state index contributed by atoms with van der Waals surface area (Å²) in [7, 11) is 1.82. The highest BCUT2D eigenvalue weighted by Crippen LogP contribution is 2.32. The third-order valence-corrected chi connectivity index (χ3v) is 2.95. The number of carbonyl (C=O) groups is 1. The van der Waals surface area contributed by atoms with Gasteiger partial charge in [0.05, 0.1) is 13.0 Å². The molecule has 1 rings (SSSR count). The molecule has 0 bridgehead atoms. The Morgan fingerprint density at radius 1 is 1.44 bits per heavy atom. The molecular formula is C12H24N2O2. The van der Waals surface area contributed by atoms with Gasteiger partial charge in [-0.15, -0.1) is 0 Å². The molecule has 1 amide bonds. The van der Waals surface area contributed by atoms with Gasteiger partial charge in [0.2, 0.25) is 5.91 Å². The molecule has 0 atom stereocenters. The number of rotatable bonds is 9. The molecular weight excluding hydrogens is 204 g/mol. The summed E-state index contributed by atoms with van der Waals surface area (Å²) in [5.41, 5.74) is 5.39. The van der Waals surface area contributed by atoms with E-state index < -0.39 is 0 Å². The molecule has 0 aromatic rings. The minimum atomic E-state index is 0.153. The van der Waals surface area contributed by atoms with E-state index in [1.807, 2.05) is 7.05 Å².